The predicted molar refractivity (Wildman–Crippen MR) is 53.9 cm³/mol. The number of alkyl halides is 1. The molecule has 1 aliphatic rings. The molecule has 0 aliphatic heterocycles. The topological polar surface area (TPSA) is 17.8 Å². The molecule has 0 aromatic carbocycles. The molecule has 2 atom stereocenters. The van der Waals surface area contributed by atoms with Crippen molar-refractivity contribution in [3.63, 3.8) is 0 Å². The molecule has 13 heavy (non-hydrogen) atoms. The lowest BCUT2D eigenvalue weighted by Gasteiger charge is -2.11. The number of hydrogen-bond acceptors (Lipinski definition) is 1. The third-order valence-corrected chi connectivity index (χ3v) is 3.40. The molecule has 0 N–H and O–H groups in total. The van der Waals surface area contributed by atoms with Gasteiger partial charge >= 0.3 is 0 Å². The van der Waals surface area contributed by atoms with Crippen molar-refractivity contribution < 1.29 is 0 Å². The molecule has 1 aromatic heterocycles. The molecule has 1 saturated carbocycles. The van der Waals surface area contributed by atoms with Gasteiger partial charge in [0.2, 0.25) is 0 Å². The Morgan fingerprint density at radius 2 is 2.46 bits per heavy atom. The van der Waals surface area contributed by atoms with Crippen LogP contribution < -0.4 is 0 Å². The SMILES string of the molecule is Cn1cc(CC2CCCC2Cl)cn1. The Bertz CT molecular complexity index is 282. The molecule has 72 valence electrons. The van der Waals surface area contributed by atoms with Gasteiger partial charge in [-0.25, -0.2) is 0 Å². The van der Waals surface area contributed by atoms with Crippen molar-refractivity contribution in [1.82, 2.24) is 9.78 Å². The zero-order valence-corrected chi connectivity index (χ0v) is 8.67. The molecule has 0 radical (unpaired) electrons. The van der Waals surface area contributed by atoms with E-state index in [2.05, 4.69) is 11.3 Å². The number of halogens is 1. The highest BCUT2D eigenvalue weighted by molar-refractivity contribution is 6.20. The van der Waals surface area contributed by atoms with Crippen LogP contribution in [0.15, 0.2) is 12.4 Å². The minimum absolute atomic E-state index is 0.389. The molecular weight excluding hydrogens is 184 g/mol. The number of nitrogens with zero attached hydrogens (tertiary/aromatic N) is 2. The summed E-state index contributed by atoms with van der Waals surface area (Å²) in [6.45, 7) is 0. The largest absolute Gasteiger partial charge is 0.276 e. The van der Waals surface area contributed by atoms with Gasteiger partial charge in [-0.3, -0.25) is 4.68 Å². The molecule has 0 amide bonds. The van der Waals surface area contributed by atoms with Crippen LogP contribution in [0.4, 0.5) is 0 Å². The summed E-state index contributed by atoms with van der Waals surface area (Å²) in [5, 5.41) is 4.55. The van der Waals surface area contributed by atoms with Crippen LogP contribution >= 0.6 is 11.6 Å². The van der Waals surface area contributed by atoms with Crippen LogP contribution in [0.25, 0.3) is 0 Å². The van der Waals surface area contributed by atoms with Crippen LogP contribution in [0.5, 0.6) is 0 Å². The fraction of sp³-hybridized carbons (Fsp3) is 0.700. The summed E-state index contributed by atoms with van der Waals surface area (Å²) < 4.78 is 1.85. The highest BCUT2D eigenvalue weighted by atomic mass is 35.5. The molecular formula is C10H15ClN2. The Labute approximate surface area is 83.9 Å². The second-order valence-corrected chi connectivity index (χ2v) is 4.49. The fourth-order valence-corrected chi connectivity index (χ4v) is 2.47. The number of aromatic nitrogens is 2. The maximum Gasteiger partial charge on any atom is 0.0521 e. The predicted octanol–water partition coefficient (Wildman–Crippen LogP) is 2.37. The van der Waals surface area contributed by atoms with Crippen LogP contribution in [-0.2, 0) is 13.5 Å². The van der Waals surface area contributed by atoms with Gasteiger partial charge in [0, 0.05) is 18.6 Å². The maximum atomic E-state index is 6.21. The second kappa shape index (κ2) is 3.70. The molecule has 0 spiro atoms. The third-order valence-electron chi connectivity index (χ3n) is 2.82. The number of rotatable bonds is 2. The van der Waals surface area contributed by atoms with Crippen molar-refractivity contribution >= 4 is 11.6 Å². The molecule has 2 rings (SSSR count). The van der Waals surface area contributed by atoms with Gasteiger partial charge in [0.1, 0.15) is 0 Å². The monoisotopic (exact) mass is 198 g/mol. The first-order valence-corrected chi connectivity index (χ1v) is 5.31. The first-order valence-electron chi connectivity index (χ1n) is 4.87. The first-order chi connectivity index (χ1) is 6.25. The van der Waals surface area contributed by atoms with E-state index in [1.807, 2.05) is 17.9 Å². The van der Waals surface area contributed by atoms with Crippen molar-refractivity contribution in [2.75, 3.05) is 0 Å². The van der Waals surface area contributed by atoms with Gasteiger partial charge < -0.3 is 0 Å². The summed E-state index contributed by atoms with van der Waals surface area (Å²) >= 11 is 6.21. The van der Waals surface area contributed by atoms with Gasteiger partial charge in [0.15, 0.2) is 0 Å². The van der Waals surface area contributed by atoms with Crippen LogP contribution in [0.3, 0.4) is 0 Å². The molecule has 1 heterocycles. The first kappa shape index (κ1) is 9.07. The zero-order chi connectivity index (χ0) is 9.26. The van der Waals surface area contributed by atoms with E-state index in [1.165, 1.54) is 24.8 Å². The Hall–Kier alpha value is -0.500. The Morgan fingerprint density at radius 3 is 3.00 bits per heavy atom. The van der Waals surface area contributed by atoms with Crippen LogP contribution in [-0.4, -0.2) is 15.2 Å². The molecule has 3 heteroatoms. The van der Waals surface area contributed by atoms with E-state index in [4.69, 9.17) is 11.6 Å². The van der Waals surface area contributed by atoms with Gasteiger partial charge in [-0.15, -0.1) is 11.6 Å². The second-order valence-electron chi connectivity index (χ2n) is 3.93. The Balaban J connectivity index is 1.97. The highest BCUT2D eigenvalue weighted by Crippen LogP contribution is 2.32. The summed E-state index contributed by atoms with van der Waals surface area (Å²) in [5.74, 6) is 0.672. The summed E-state index contributed by atoms with van der Waals surface area (Å²) in [6.07, 6.45) is 8.89. The molecule has 1 aromatic rings. The lowest BCUT2D eigenvalue weighted by Crippen LogP contribution is -2.09. The Kier molecular flexibility index (Phi) is 2.58. The summed E-state index contributed by atoms with van der Waals surface area (Å²) in [6, 6.07) is 0. The normalized spacial score (nSPS) is 28.2. The van der Waals surface area contributed by atoms with E-state index >= 15 is 0 Å². The molecule has 2 unspecified atom stereocenters. The summed E-state index contributed by atoms with van der Waals surface area (Å²) in [7, 11) is 1.95. The van der Waals surface area contributed by atoms with E-state index in [1.54, 1.807) is 0 Å². The van der Waals surface area contributed by atoms with E-state index in [9.17, 15) is 0 Å². The fourth-order valence-electron chi connectivity index (χ4n) is 2.10. The minimum Gasteiger partial charge on any atom is -0.276 e. The Morgan fingerprint density at radius 1 is 1.62 bits per heavy atom. The molecule has 2 nitrogen and oxygen atoms in total. The standard InChI is InChI=1S/C10H15ClN2/c1-13-7-8(6-12-13)5-9-3-2-4-10(9)11/h6-7,9-10H,2-5H2,1H3. The van der Waals surface area contributed by atoms with E-state index in [0.29, 0.717) is 11.3 Å². The smallest absolute Gasteiger partial charge is 0.0521 e. The average molecular weight is 199 g/mol. The third kappa shape index (κ3) is 2.05. The maximum absolute atomic E-state index is 6.21. The van der Waals surface area contributed by atoms with Crippen molar-refractivity contribution in [3.05, 3.63) is 18.0 Å². The van der Waals surface area contributed by atoms with Gasteiger partial charge in [-0.05, 0) is 30.7 Å². The highest BCUT2D eigenvalue weighted by Gasteiger charge is 2.25. The van der Waals surface area contributed by atoms with Crippen molar-refractivity contribution in [2.24, 2.45) is 13.0 Å². The lowest BCUT2D eigenvalue weighted by atomic mass is 10.0. The van der Waals surface area contributed by atoms with E-state index in [0.717, 1.165) is 6.42 Å². The van der Waals surface area contributed by atoms with Crippen molar-refractivity contribution in [2.45, 2.75) is 31.1 Å². The lowest BCUT2D eigenvalue weighted by molar-refractivity contribution is 0.552. The van der Waals surface area contributed by atoms with Crippen molar-refractivity contribution in [3.8, 4) is 0 Å². The molecule has 0 bridgehead atoms. The van der Waals surface area contributed by atoms with Crippen LogP contribution in [0, 0.1) is 5.92 Å². The molecule has 0 saturated heterocycles. The summed E-state index contributed by atoms with van der Waals surface area (Å²) in [5.41, 5.74) is 1.32. The van der Waals surface area contributed by atoms with Gasteiger partial charge in [0.05, 0.1) is 6.20 Å². The minimum atomic E-state index is 0.389. The summed E-state index contributed by atoms with van der Waals surface area (Å²) in [4.78, 5) is 0. The number of hydrogen-bond donors (Lipinski definition) is 0. The average Bonchev–Trinajstić information content (AvgIpc) is 2.64. The number of aryl methyl sites for hydroxylation is 1. The van der Waals surface area contributed by atoms with E-state index in [-0.39, 0.29) is 0 Å². The van der Waals surface area contributed by atoms with Gasteiger partial charge in [-0.1, -0.05) is 6.42 Å². The van der Waals surface area contributed by atoms with E-state index < -0.39 is 0 Å². The van der Waals surface area contributed by atoms with Crippen LogP contribution in [0.2, 0.25) is 0 Å². The van der Waals surface area contributed by atoms with Gasteiger partial charge in [-0.2, -0.15) is 5.10 Å². The zero-order valence-electron chi connectivity index (χ0n) is 7.91. The molecule has 1 aliphatic carbocycles. The van der Waals surface area contributed by atoms with Crippen molar-refractivity contribution in [1.29, 1.82) is 0 Å². The van der Waals surface area contributed by atoms with Crippen LogP contribution in [0.1, 0.15) is 24.8 Å². The quantitative estimate of drug-likeness (QED) is 0.668. The van der Waals surface area contributed by atoms with Gasteiger partial charge in [0.25, 0.3) is 0 Å². The molecule has 1 fully saturated rings.